The Bertz CT molecular complexity index is 119. The third kappa shape index (κ3) is 2.55. The first kappa shape index (κ1) is 9.26. The van der Waals surface area contributed by atoms with Gasteiger partial charge in [-0.2, -0.15) is 0 Å². The van der Waals surface area contributed by atoms with Gasteiger partial charge in [0.2, 0.25) is 0 Å². The highest BCUT2D eigenvalue weighted by Crippen LogP contribution is 2.10. The molecule has 9 heavy (non-hydrogen) atoms. The SMILES string of the molecule is Br.CN=C1NC(O)CS1. The van der Waals surface area contributed by atoms with E-state index in [9.17, 15) is 0 Å². The fourth-order valence-corrected chi connectivity index (χ4v) is 1.26. The molecule has 0 aromatic heterocycles. The summed E-state index contributed by atoms with van der Waals surface area (Å²) >= 11 is 1.54. The van der Waals surface area contributed by atoms with Gasteiger partial charge in [-0.1, -0.05) is 11.8 Å². The molecule has 0 aromatic carbocycles. The molecule has 1 fully saturated rings. The van der Waals surface area contributed by atoms with Gasteiger partial charge in [-0.25, -0.2) is 0 Å². The Labute approximate surface area is 68.7 Å². The molecular weight excluding hydrogens is 204 g/mol. The minimum absolute atomic E-state index is 0. The largest absolute Gasteiger partial charge is 0.373 e. The second kappa shape index (κ2) is 4.14. The normalized spacial score (nSPS) is 29.6. The summed E-state index contributed by atoms with van der Waals surface area (Å²) in [6, 6.07) is 0. The standard InChI is InChI=1S/C4H8N2OS.BrH/c1-5-4-6-3(7)2-8-4;/h3,7H,2H2,1H3,(H,5,6);1H. The van der Waals surface area contributed by atoms with E-state index in [-0.39, 0.29) is 17.0 Å². The lowest BCUT2D eigenvalue weighted by Crippen LogP contribution is -2.25. The van der Waals surface area contributed by atoms with E-state index >= 15 is 0 Å². The van der Waals surface area contributed by atoms with Crippen molar-refractivity contribution in [2.24, 2.45) is 4.99 Å². The molecule has 54 valence electrons. The molecule has 2 N–H and O–H groups in total. The van der Waals surface area contributed by atoms with Crippen molar-refractivity contribution >= 4 is 33.9 Å². The predicted octanol–water partition coefficient (Wildman–Crippen LogP) is 0.205. The van der Waals surface area contributed by atoms with Crippen molar-refractivity contribution in [3.8, 4) is 0 Å². The van der Waals surface area contributed by atoms with Gasteiger partial charge in [0.25, 0.3) is 0 Å². The number of aliphatic hydroxyl groups is 1. The molecule has 0 radical (unpaired) electrons. The molecule has 5 heteroatoms. The van der Waals surface area contributed by atoms with Crippen LogP contribution in [0, 0.1) is 0 Å². The van der Waals surface area contributed by atoms with Crippen LogP contribution >= 0.6 is 28.7 Å². The average Bonchev–Trinajstić information content (AvgIpc) is 2.14. The Kier molecular flexibility index (Phi) is 4.26. The van der Waals surface area contributed by atoms with E-state index in [1.165, 1.54) is 11.8 Å². The van der Waals surface area contributed by atoms with Crippen molar-refractivity contribution in [3.63, 3.8) is 0 Å². The highest BCUT2D eigenvalue weighted by atomic mass is 79.9. The van der Waals surface area contributed by atoms with Crippen LogP contribution in [0.2, 0.25) is 0 Å². The van der Waals surface area contributed by atoms with Crippen molar-refractivity contribution in [1.29, 1.82) is 0 Å². The molecule has 0 aliphatic carbocycles. The maximum absolute atomic E-state index is 8.82. The Morgan fingerprint density at radius 2 is 2.56 bits per heavy atom. The summed E-state index contributed by atoms with van der Waals surface area (Å²) in [5.74, 6) is 0.715. The van der Waals surface area contributed by atoms with E-state index in [1.54, 1.807) is 7.05 Å². The molecule has 1 atom stereocenters. The molecule has 3 nitrogen and oxygen atoms in total. The van der Waals surface area contributed by atoms with Gasteiger partial charge in [0.05, 0.1) is 0 Å². The Morgan fingerprint density at radius 1 is 1.89 bits per heavy atom. The molecule has 1 rings (SSSR count). The summed E-state index contributed by atoms with van der Waals surface area (Å²) in [6.45, 7) is 0. The van der Waals surface area contributed by atoms with Gasteiger partial charge in [0.15, 0.2) is 5.17 Å². The monoisotopic (exact) mass is 212 g/mol. The zero-order valence-corrected chi connectivity index (χ0v) is 7.52. The summed E-state index contributed by atoms with van der Waals surface area (Å²) < 4.78 is 0. The van der Waals surface area contributed by atoms with E-state index in [2.05, 4.69) is 10.3 Å². The van der Waals surface area contributed by atoms with Gasteiger partial charge in [-0.15, -0.1) is 17.0 Å². The summed E-state index contributed by atoms with van der Waals surface area (Å²) in [6.07, 6.45) is -0.390. The van der Waals surface area contributed by atoms with Gasteiger partial charge >= 0.3 is 0 Å². The van der Waals surface area contributed by atoms with Crippen LogP contribution in [-0.4, -0.2) is 29.3 Å². The molecule has 0 bridgehead atoms. The molecule has 1 heterocycles. The molecule has 1 unspecified atom stereocenters. The van der Waals surface area contributed by atoms with Gasteiger partial charge in [-0.3, -0.25) is 4.99 Å². The maximum atomic E-state index is 8.82. The molecule has 0 spiro atoms. The van der Waals surface area contributed by atoms with E-state index in [4.69, 9.17) is 5.11 Å². The minimum atomic E-state index is -0.390. The number of nitrogens with zero attached hydrogens (tertiary/aromatic N) is 1. The number of rotatable bonds is 0. The number of hydrogen-bond donors (Lipinski definition) is 2. The highest BCUT2D eigenvalue weighted by Gasteiger charge is 2.15. The number of thioether (sulfide) groups is 1. The van der Waals surface area contributed by atoms with Gasteiger partial charge in [0, 0.05) is 12.8 Å². The van der Waals surface area contributed by atoms with Gasteiger partial charge in [-0.05, 0) is 0 Å². The van der Waals surface area contributed by atoms with Crippen molar-refractivity contribution in [1.82, 2.24) is 5.32 Å². The van der Waals surface area contributed by atoms with Crippen molar-refractivity contribution in [2.45, 2.75) is 6.23 Å². The topological polar surface area (TPSA) is 44.6 Å². The lowest BCUT2D eigenvalue weighted by molar-refractivity contribution is 0.190. The quantitative estimate of drug-likeness (QED) is 0.604. The average molecular weight is 213 g/mol. The first-order valence-corrected chi connectivity index (χ1v) is 3.35. The lowest BCUT2D eigenvalue weighted by atomic mass is 10.7. The molecule has 1 saturated heterocycles. The second-order valence-corrected chi connectivity index (χ2v) is 2.51. The number of hydrogen-bond acceptors (Lipinski definition) is 3. The number of aliphatic hydroxyl groups excluding tert-OH is 1. The summed E-state index contributed by atoms with van der Waals surface area (Å²) in [7, 11) is 1.70. The smallest absolute Gasteiger partial charge is 0.158 e. The van der Waals surface area contributed by atoms with E-state index in [0.717, 1.165) is 5.17 Å². The fourth-order valence-electron chi connectivity index (χ4n) is 0.513. The third-order valence-electron chi connectivity index (χ3n) is 0.871. The number of nitrogens with one attached hydrogen (secondary N) is 1. The predicted molar refractivity (Wildman–Crippen MR) is 45.3 cm³/mol. The lowest BCUT2D eigenvalue weighted by Gasteiger charge is -1.96. The van der Waals surface area contributed by atoms with Gasteiger partial charge < -0.3 is 10.4 Å². The van der Waals surface area contributed by atoms with Crippen molar-refractivity contribution < 1.29 is 5.11 Å². The third-order valence-corrected chi connectivity index (χ3v) is 1.93. The van der Waals surface area contributed by atoms with Crippen LogP contribution < -0.4 is 5.32 Å². The molecular formula is C4H9BrN2OS. The Morgan fingerprint density at radius 3 is 2.78 bits per heavy atom. The van der Waals surface area contributed by atoms with Crippen LogP contribution in [0.25, 0.3) is 0 Å². The zero-order valence-electron chi connectivity index (χ0n) is 5.00. The van der Waals surface area contributed by atoms with E-state index < -0.39 is 6.23 Å². The first-order valence-electron chi connectivity index (χ1n) is 2.37. The zero-order chi connectivity index (χ0) is 5.98. The molecule has 1 aliphatic heterocycles. The Hall–Kier alpha value is 0.260. The van der Waals surface area contributed by atoms with Gasteiger partial charge in [0.1, 0.15) is 6.23 Å². The molecule has 1 aliphatic rings. The van der Waals surface area contributed by atoms with Crippen molar-refractivity contribution in [2.75, 3.05) is 12.8 Å². The highest BCUT2D eigenvalue weighted by molar-refractivity contribution is 8.93. The van der Waals surface area contributed by atoms with Crippen LogP contribution in [0.5, 0.6) is 0 Å². The van der Waals surface area contributed by atoms with Crippen molar-refractivity contribution in [3.05, 3.63) is 0 Å². The summed E-state index contributed by atoms with van der Waals surface area (Å²) in [5.41, 5.74) is 0. The van der Waals surface area contributed by atoms with E-state index in [0.29, 0.717) is 5.75 Å². The molecule has 0 aromatic rings. The Balaban J connectivity index is 0.000000640. The summed E-state index contributed by atoms with van der Waals surface area (Å²) in [4.78, 5) is 3.85. The number of amidine groups is 1. The maximum Gasteiger partial charge on any atom is 0.158 e. The van der Waals surface area contributed by atoms with Crippen LogP contribution in [-0.2, 0) is 0 Å². The fraction of sp³-hybridized carbons (Fsp3) is 0.750. The van der Waals surface area contributed by atoms with E-state index in [1.807, 2.05) is 0 Å². The minimum Gasteiger partial charge on any atom is -0.373 e. The van der Waals surface area contributed by atoms with Crippen LogP contribution in [0.1, 0.15) is 0 Å². The number of aliphatic imine (C=N–C) groups is 1. The molecule has 0 saturated carbocycles. The molecule has 0 amide bonds. The van der Waals surface area contributed by atoms with Crippen LogP contribution in [0.3, 0.4) is 0 Å². The van der Waals surface area contributed by atoms with Crippen LogP contribution in [0.15, 0.2) is 4.99 Å². The summed E-state index contributed by atoms with van der Waals surface area (Å²) in [5, 5.41) is 12.4. The number of halogens is 1. The van der Waals surface area contributed by atoms with Crippen LogP contribution in [0.4, 0.5) is 0 Å². The first-order chi connectivity index (χ1) is 3.83. The second-order valence-electron chi connectivity index (χ2n) is 1.50.